The summed E-state index contributed by atoms with van der Waals surface area (Å²) in [5.41, 5.74) is 2.05. The highest BCUT2D eigenvalue weighted by molar-refractivity contribution is 5.93. The first-order valence-electron chi connectivity index (χ1n) is 11.4. The Morgan fingerprint density at radius 2 is 1.73 bits per heavy atom. The van der Waals surface area contributed by atoms with Gasteiger partial charge in [-0.15, -0.1) is 0 Å². The van der Waals surface area contributed by atoms with Crippen LogP contribution in [-0.4, -0.2) is 41.2 Å². The molecule has 174 valence electrons. The highest BCUT2D eigenvalue weighted by atomic mass is 16.6. The smallest absolute Gasteiger partial charge is 0.340 e. The summed E-state index contributed by atoms with van der Waals surface area (Å²) in [7, 11) is 1.59. The van der Waals surface area contributed by atoms with Crippen LogP contribution in [0.4, 0.5) is 0 Å². The van der Waals surface area contributed by atoms with Crippen molar-refractivity contribution in [2.75, 3.05) is 7.05 Å². The Hall–Kier alpha value is -3.25. The van der Waals surface area contributed by atoms with Crippen molar-refractivity contribution >= 4 is 22.8 Å². The Labute approximate surface area is 195 Å². The number of rotatable bonds is 10. The van der Waals surface area contributed by atoms with Gasteiger partial charge < -0.3 is 15.2 Å². The molecule has 1 amide bonds. The van der Waals surface area contributed by atoms with Crippen LogP contribution in [0.25, 0.3) is 10.9 Å². The fourth-order valence-corrected chi connectivity index (χ4v) is 4.02. The fraction of sp³-hybridized carbons (Fsp3) is 0.370. The predicted octanol–water partition coefficient (Wildman–Crippen LogP) is 4.16. The summed E-state index contributed by atoms with van der Waals surface area (Å²) in [4.78, 5) is 29.7. The Balaban J connectivity index is 1.81. The fourth-order valence-electron chi connectivity index (χ4n) is 4.02. The molecule has 0 spiro atoms. The van der Waals surface area contributed by atoms with Crippen molar-refractivity contribution in [1.29, 1.82) is 0 Å². The van der Waals surface area contributed by atoms with Crippen molar-refractivity contribution in [2.24, 2.45) is 11.8 Å². The molecule has 6 heteroatoms. The molecule has 0 radical (unpaired) electrons. The van der Waals surface area contributed by atoms with Gasteiger partial charge in [-0.25, -0.2) is 4.79 Å². The molecule has 0 unspecified atom stereocenters. The van der Waals surface area contributed by atoms with Crippen LogP contribution in [0.3, 0.4) is 0 Å². The Kier molecular flexibility index (Phi) is 8.55. The van der Waals surface area contributed by atoms with E-state index >= 15 is 0 Å². The number of carbonyl (C=O) groups excluding carboxylic acids is 2. The van der Waals surface area contributed by atoms with Crippen molar-refractivity contribution in [3.05, 3.63) is 78.0 Å². The van der Waals surface area contributed by atoms with Crippen LogP contribution in [0.5, 0.6) is 0 Å². The molecule has 0 aliphatic carbocycles. The van der Waals surface area contributed by atoms with Gasteiger partial charge in [0, 0.05) is 31.0 Å². The third kappa shape index (κ3) is 6.86. The molecule has 1 aromatic heterocycles. The quantitative estimate of drug-likeness (QED) is 0.455. The molecule has 0 saturated carbocycles. The van der Waals surface area contributed by atoms with E-state index in [9.17, 15) is 14.7 Å². The van der Waals surface area contributed by atoms with E-state index in [2.05, 4.69) is 10.3 Å². The van der Waals surface area contributed by atoms with Gasteiger partial charge in [-0.1, -0.05) is 62.4 Å². The number of aliphatic hydroxyl groups excluding tert-OH is 1. The number of benzene rings is 2. The molecule has 1 heterocycles. The maximum absolute atomic E-state index is 13.0. The molecule has 6 nitrogen and oxygen atoms in total. The van der Waals surface area contributed by atoms with Crippen LogP contribution < -0.4 is 5.32 Å². The second-order valence-corrected chi connectivity index (χ2v) is 8.79. The van der Waals surface area contributed by atoms with E-state index < -0.39 is 18.2 Å². The highest BCUT2D eigenvalue weighted by Crippen LogP contribution is 2.23. The molecule has 33 heavy (non-hydrogen) atoms. The average molecular weight is 449 g/mol. The third-order valence-electron chi connectivity index (χ3n) is 5.69. The van der Waals surface area contributed by atoms with Gasteiger partial charge in [-0.05, 0) is 36.5 Å². The number of fused-ring (bicyclic) bond motifs is 1. The molecule has 2 N–H and O–H groups in total. The summed E-state index contributed by atoms with van der Waals surface area (Å²) in [6.07, 6.45) is 0.879. The monoisotopic (exact) mass is 448 g/mol. The molecule has 2 aromatic carbocycles. The second kappa shape index (κ2) is 11.6. The number of hydrogen-bond acceptors (Lipinski definition) is 5. The van der Waals surface area contributed by atoms with Crippen molar-refractivity contribution in [1.82, 2.24) is 10.3 Å². The lowest BCUT2D eigenvalue weighted by atomic mass is 9.88. The number of pyridine rings is 1. The number of ether oxygens (including phenoxy) is 1. The van der Waals surface area contributed by atoms with Crippen LogP contribution in [0, 0.1) is 11.8 Å². The van der Waals surface area contributed by atoms with Gasteiger partial charge in [0.05, 0.1) is 17.2 Å². The molecule has 0 bridgehead atoms. The summed E-state index contributed by atoms with van der Waals surface area (Å²) in [6, 6.07) is 18.8. The van der Waals surface area contributed by atoms with E-state index in [1.165, 1.54) is 6.20 Å². The third-order valence-corrected chi connectivity index (χ3v) is 5.69. The first-order chi connectivity index (χ1) is 15.9. The van der Waals surface area contributed by atoms with Crippen molar-refractivity contribution in [2.45, 2.75) is 45.3 Å². The van der Waals surface area contributed by atoms with Crippen molar-refractivity contribution in [3.63, 3.8) is 0 Å². The Bertz CT molecular complexity index is 1070. The minimum absolute atomic E-state index is 0.119. The summed E-state index contributed by atoms with van der Waals surface area (Å²) < 4.78 is 5.81. The van der Waals surface area contributed by atoms with Gasteiger partial charge in [0.2, 0.25) is 5.91 Å². The summed E-state index contributed by atoms with van der Waals surface area (Å²) in [6.45, 7) is 4.08. The van der Waals surface area contributed by atoms with Crippen LogP contribution in [0.2, 0.25) is 0 Å². The summed E-state index contributed by atoms with van der Waals surface area (Å²) in [5.74, 6) is -0.748. The van der Waals surface area contributed by atoms with Crippen molar-refractivity contribution in [3.8, 4) is 0 Å². The lowest BCUT2D eigenvalue weighted by Crippen LogP contribution is -2.38. The van der Waals surface area contributed by atoms with E-state index in [-0.39, 0.29) is 18.2 Å². The number of aliphatic hydroxyl groups is 1. The maximum Gasteiger partial charge on any atom is 0.340 e. The normalized spacial score (nSPS) is 14.0. The van der Waals surface area contributed by atoms with E-state index in [1.54, 1.807) is 13.1 Å². The van der Waals surface area contributed by atoms with E-state index in [0.29, 0.717) is 24.3 Å². The summed E-state index contributed by atoms with van der Waals surface area (Å²) in [5, 5.41) is 14.6. The SMILES string of the molecule is CNC(=O)[C@H](CC(C)C)C[C@H](O)[C@H](Cc1ccccc1)OC(=O)c1cnc2ccccc2c1. The van der Waals surface area contributed by atoms with Gasteiger partial charge in [0.1, 0.15) is 6.10 Å². The highest BCUT2D eigenvalue weighted by Gasteiger charge is 2.30. The molecule has 0 aliphatic rings. The molecule has 3 aromatic rings. The molecule has 0 fully saturated rings. The number of hydrogen-bond donors (Lipinski definition) is 2. The van der Waals surface area contributed by atoms with Gasteiger partial charge in [-0.3, -0.25) is 9.78 Å². The topological polar surface area (TPSA) is 88.5 Å². The number of nitrogens with one attached hydrogen (secondary N) is 1. The Morgan fingerprint density at radius 3 is 2.42 bits per heavy atom. The predicted molar refractivity (Wildman–Crippen MR) is 129 cm³/mol. The standard InChI is InChI=1S/C27H32N2O4/c1-18(2)13-21(26(31)28-3)16-24(30)25(14-19-9-5-4-6-10-19)33-27(32)22-15-20-11-7-8-12-23(20)29-17-22/h4-12,15,17-18,21,24-25,30H,13-14,16H2,1-3H3,(H,28,31)/t21-,24+,25+/m1/s1. The van der Waals surface area contributed by atoms with Crippen LogP contribution in [0.15, 0.2) is 66.9 Å². The largest absolute Gasteiger partial charge is 0.456 e. The van der Waals surface area contributed by atoms with Crippen LogP contribution in [-0.2, 0) is 16.0 Å². The zero-order valence-electron chi connectivity index (χ0n) is 19.4. The number of aromatic nitrogens is 1. The lowest BCUT2D eigenvalue weighted by molar-refractivity contribution is -0.126. The number of nitrogens with zero attached hydrogens (tertiary/aromatic N) is 1. The number of amides is 1. The minimum atomic E-state index is -0.997. The number of esters is 1. The molecule has 0 aliphatic heterocycles. The van der Waals surface area contributed by atoms with Gasteiger partial charge in [0.15, 0.2) is 0 Å². The molecule has 3 atom stereocenters. The molecule has 0 saturated heterocycles. The maximum atomic E-state index is 13.0. The van der Waals surface area contributed by atoms with E-state index in [4.69, 9.17) is 4.74 Å². The average Bonchev–Trinajstić information content (AvgIpc) is 2.82. The zero-order valence-corrected chi connectivity index (χ0v) is 19.4. The van der Waals surface area contributed by atoms with E-state index in [0.717, 1.165) is 16.5 Å². The van der Waals surface area contributed by atoms with Crippen molar-refractivity contribution < 1.29 is 19.4 Å². The molecule has 3 rings (SSSR count). The first kappa shape index (κ1) is 24.4. The molecular formula is C27H32N2O4. The summed E-state index contributed by atoms with van der Waals surface area (Å²) >= 11 is 0. The van der Waals surface area contributed by atoms with E-state index in [1.807, 2.05) is 68.4 Å². The molecular weight excluding hydrogens is 416 g/mol. The van der Waals surface area contributed by atoms with Gasteiger partial charge in [0.25, 0.3) is 0 Å². The van der Waals surface area contributed by atoms with Gasteiger partial charge in [-0.2, -0.15) is 0 Å². The Morgan fingerprint density at radius 1 is 1.03 bits per heavy atom. The first-order valence-corrected chi connectivity index (χ1v) is 11.4. The van der Waals surface area contributed by atoms with Crippen LogP contribution in [0.1, 0.15) is 42.6 Å². The zero-order chi connectivity index (χ0) is 23.8. The number of carbonyl (C=O) groups is 2. The van der Waals surface area contributed by atoms with Crippen LogP contribution >= 0.6 is 0 Å². The minimum Gasteiger partial charge on any atom is -0.456 e. The lowest BCUT2D eigenvalue weighted by Gasteiger charge is -2.27. The van der Waals surface area contributed by atoms with Gasteiger partial charge >= 0.3 is 5.97 Å². The number of para-hydroxylation sites is 1. The second-order valence-electron chi connectivity index (χ2n) is 8.79.